The molecule has 0 atom stereocenters. The largest absolute Gasteiger partial charge is 0.381 e. The molecule has 0 spiro atoms. The summed E-state index contributed by atoms with van der Waals surface area (Å²) in [6, 6.07) is 10.9. The van der Waals surface area contributed by atoms with Crippen molar-refractivity contribution >= 4 is 28.2 Å². The second kappa shape index (κ2) is 5.98. The van der Waals surface area contributed by atoms with Crippen LogP contribution in [0.2, 0.25) is 0 Å². The zero-order valence-corrected chi connectivity index (χ0v) is 12.4. The zero-order chi connectivity index (χ0) is 13.9. The van der Waals surface area contributed by atoms with Crippen molar-refractivity contribution in [2.45, 2.75) is 24.8 Å². The molecule has 3 nitrogen and oxygen atoms in total. The number of halogens is 1. The third kappa shape index (κ3) is 2.60. The van der Waals surface area contributed by atoms with Crippen molar-refractivity contribution < 1.29 is 4.74 Å². The van der Waals surface area contributed by atoms with E-state index in [0.29, 0.717) is 11.9 Å². The van der Waals surface area contributed by atoms with Gasteiger partial charge in [-0.3, -0.25) is 4.98 Å². The minimum atomic E-state index is 0.444. The summed E-state index contributed by atoms with van der Waals surface area (Å²) in [6.07, 6.45) is 2.15. The lowest BCUT2D eigenvalue weighted by Gasteiger charge is -2.33. The Bertz CT molecular complexity index is 596. The predicted molar refractivity (Wildman–Crippen MR) is 83.5 cm³/mol. The first kappa shape index (κ1) is 13.7. The molecule has 4 heteroatoms. The summed E-state index contributed by atoms with van der Waals surface area (Å²) >= 11 is 5.99. The summed E-state index contributed by atoms with van der Waals surface area (Å²) in [6.45, 7) is 1.70. The van der Waals surface area contributed by atoms with E-state index >= 15 is 0 Å². The normalized spacial score (nSPS) is 16.5. The Morgan fingerprint density at radius 1 is 1.30 bits per heavy atom. The predicted octanol–water partition coefficient (Wildman–Crippen LogP) is 3.59. The molecule has 0 saturated carbocycles. The standard InChI is InChI=1S/C16H19ClN2O/c1-19(13-6-8-20-9-7-13)16-10-12(11-17)18-15-5-3-2-4-14(15)16/h2-5,10,13H,6-9,11H2,1H3. The highest BCUT2D eigenvalue weighted by atomic mass is 35.5. The van der Waals surface area contributed by atoms with Crippen LogP contribution in [-0.4, -0.2) is 31.3 Å². The maximum absolute atomic E-state index is 5.99. The van der Waals surface area contributed by atoms with E-state index in [1.54, 1.807) is 0 Å². The summed E-state index contributed by atoms with van der Waals surface area (Å²) < 4.78 is 5.46. The molecule has 0 radical (unpaired) electrons. The van der Waals surface area contributed by atoms with E-state index in [4.69, 9.17) is 16.3 Å². The molecule has 20 heavy (non-hydrogen) atoms. The maximum Gasteiger partial charge on any atom is 0.0726 e. The molecule has 1 aromatic heterocycles. The number of pyridine rings is 1. The van der Waals surface area contributed by atoms with Crippen molar-refractivity contribution in [1.82, 2.24) is 4.98 Å². The molecule has 1 aliphatic rings. The van der Waals surface area contributed by atoms with Crippen LogP contribution < -0.4 is 4.90 Å². The van der Waals surface area contributed by atoms with Crippen molar-refractivity contribution in [3.8, 4) is 0 Å². The summed E-state index contributed by atoms with van der Waals surface area (Å²) in [5, 5.41) is 1.19. The second-order valence-corrected chi connectivity index (χ2v) is 5.51. The van der Waals surface area contributed by atoms with Crippen molar-refractivity contribution in [2.24, 2.45) is 0 Å². The number of hydrogen-bond donors (Lipinski definition) is 0. The van der Waals surface area contributed by atoms with Gasteiger partial charge in [0.2, 0.25) is 0 Å². The highest BCUT2D eigenvalue weighted by Gasteiger charge is 2.20. The Hall–Kier alpha value is -1.32. The molecule has 0 N–H and O–H groups in total. The van der Waals surface area contributed by atoms with E-state index in [-0.39, 0.29) is 0 Å². The van der Waals surface area contributed by atoms with Gasteiger partial charge in [0.25, 0.3) is 0 Å². The van der Waals surface area contributed by atoms with Crippen LogP contribution in [0.4, 0.5) is 5.69 Å². The fourth-order valence-corrected chi connectivity index (χ4v) is 2.98. The quantitative estimate of drug-likeness (QED) is 0.808. The lowest BCUT2D eigenvalue weighted by atomic mass is 10.0. The number of para-hydroxylation sites is 1. The third-order valence-electron chi connectivity index (χ3n) is 4.00. The van der Waals surface area contributed by atoms with Crippen molar-refractivity contribution in [3.63, 3.8) is 0 Å². The van der Waals surface area contributed by atoms with E-state index in [1.807, 2.05) is 12.1 Å². The number of alkyl halides is 1. The number of fused-ring (bicyclic) bond motifs is 1. The fraction of sp³-hybridized carbons (Fsp3) is 0.438. The number of rotatable bonds is 3. The number of anilines is 1. The molecule has 3 rings (SSSR count). The molecule has 1 fully saturated rings. The molecule has 0 aliphatic carbocycles. The van der Waals surface area contributed by atoms with Gasteiger partial charge in [-0.05, 0) is 25.0 Å². The topological polar surface area (TPSA) is 25.4 Å². The van der Waals surface area contributed by atoms with Crippen LogP contribution >= 0.6 is 11.6 Å². The maximum atomic E-state index is 5.99. The average molecular weight is 291 g/mol. The lowest BCUT2D eigenvalue weighted by Crippen LogP contribution is -2.36. The summed E-state index contributed by atoms with van der Waals surface area (Å²) in [7, 11) is 2.16. The van der Waals surface area contributed by atoms with Crippen LogP contribution in [0.1, 0.15) is 18.5 Å². The second-order valence-electron chi connectivity index (χ2n) is 5.24. The monoisotopic (exact) mass is 290 g/mol. The first-order valence-corrected chi connectivity index (χ1v) is 7.58. The van der Waals surface area contributed by atoms with Crippen LogP contribution in [0.25, 0.3) is 10.9 Å². The van der Waals surface area contributed by atoms with E-state index < -0.39 is 0 Å². The molecule has 0 amide bonds. The Morgan fingerprint density at radius 2 is 2.05 bits per heavy atom. The molecular formula is C16H19ClN2O. The summed E-state index contributed by atoms with van der Waals surface area (Å²) in [5.41, 5.74) is 3.16. The average Bonchev–Trinajstić information content (AvgIpc) is 2.54. The number of hydrogen-bond acceptors (Lipinski definition) is 3. The van der Waals surface area contributed by atoms with Gasteiger partial charge in [-0.15, -0.1) is 11.6 Å². The lowest BCUT2D eigenvalue weighted by molar-refractivity contribution is 0.0855. The van der Waals surface area contributed by atoms with Gasteiger partial charge in [0, 0.05) is 37.4 Å². The number of ether oxygens (including phenoxy) is 1. The van der Waals surface area contributed by atoms with Crippen LogP contribution in [0.15, 0.2) is 30.3 Å². The Morgan fingerprint density at radius 3 is 2.80 bits per heavy atom. The Labute approximate surface area is 124 Å². The minimum absolute atomic E-state index is 0.444. The highest BCUT2D eigenvalue weighted by Crippen LogP contribution is 2.29. The van der Waals surface area contributed by atoms with Crippen molar-refractivity contribution in [1.29, 1.82) is 0 Å². The van der Waals surface area contributed by atoms with Gasteiger partial charge in [-0.1, -0.05) is 18.2 Å². The number of aromatic nitrogens is 1. The van der Waals surface area contributed by atoms with Gasteiger partial charge in [-0.2, -0.15) is 0 Å². The van der Waals surface area contributed by atoms with E-state index in [1.165, 1.54) is 11.1 Å². The van der Waals surface area contributed by atoms with Gasteiger partial charge in [0.1, 0.15) is 0 Å². The van der Waals surface area contributed by atoms with Crippen LogP contribution in [-0.2, 0) is 10.6 Å². The third-order valence-corrected chi connectivity index (χ3v) is 4.28. The molecule has 1 aromatic carbocycles. The first-order valence-electron chi connectivity index (χ1n) is 7.05. The van der Waals surface area contributed by atoms with E-state index in [9.17, 15) is 0 Å². The van der Waals surface area contributed by atoms with Crippen LogP contribution in [0.5, 0.6) is 0 Å². The smallest absolute Gasteiger partial charge is 0.0726 e. The fourth-order valence-electron chi connectivity index (χ4n) is 2.84. The van der Waals surface area contributed by atoms with Gasteiger partial charge in [0.15, 0.2) is 0 Å². The molecule has 0 unspecified atom stereocenters. The molecule has 0 bridgehead atoms. The first-order chi connectivity index (χ1) is 9.79. The Kier molecular flexibility index (Phi) is 4.08. The van der Waals surface area contributed by atoms with Crippen molar-refractivity contribution in [3.05, 3.63) is 36.0 Å². The summed E-state index contributed by atoms with van der Waals surface area (Å²) in [4.78, 5) is 6.96. The van der Waals surface area contributed by atoms with E-state index in [2.05, 4.69) is 35.1 Å². The van der Waals surface area contributed by atoms with Gasteiger partial charge < -0.3 is 9.64 Å². The molecule has 1 aliphatic heterocycles. The van der Waals surface area contributed by atoms with Gasteiger partial charge in [0.05, 0.1) is 17.1 Å². The highest BCUT2D eigenvalue weighted by molar-refractivity contribution is 6.17. The zero-order valence-electron chi connectivity index (χ0n) is 11.7. The molecular weight excluding hydrogens is 272 g/mol. The van der Waals surface area contributed by atoms with Crippen LogP contribution in [0, 0.1) is 0 Å². The van der Waals surface area contributed by atoms with Crippen LogP contribution in [0.3, 0.4) is 0 Å². The number of nitrogens with zero attached hydrogens (tertiary/aromatic N) is 2. The Balaban J connectivity index is 2.04. The van der Waals surface area contributed by atoms with Gasteiger partial charge in [-0.25, -0.2) is 0 Å². The van der Waals surface area contributed by atoms with E-state index in [0.717, 1.165) is 37.3 Å². The molecule has 2 heterocycles. The van der Waals surface area contributed by atoms with Gasteiger partial charge >= 0.3 is 0 Å². The molecule has 2 aromatic rings. The molecule has 1 saturated heterocycles. The minimum Gasteiger partial charge on any atom is -0.381 e. The summed E-state index contributed by atoms with van der Waals surface area (Å²) in [5.74, 6) is 0.444. The SMILES string of the molecule is CN(c1cc(CCl)nc2ccccc12)C1CCOCC1. The van der Waals surface area contributed by atoms with Crippen molar-refractivity contribution in [2.75, 3.05) is 25.2 Å². The number of benzene rings is 1. The molecule has 106 valence electrons.